The van der Waals surface area contributed by atoms with E-state index in [-0.39, 0.29) is 40.6 Å². The molecule has 0 unspecified atom stereocenters. The van der Waals surface area contributed by atoms with Gasteiger partial charge in [0.1, 0.15) is 17.3 Å². The largest absolute Gasteiger partial charge is 0.490 e. The lowest BCUT2D eigenvalue weighted by molar-refractivity contribution is 0.0993. The van der Waals surface area contributed by atoms with Gasteiger partial charge in [-0.1, -0.05) is 35.5 Å². The SMILES string of the molecule is NC(=O)c1cccc2c(-c3nc(NCc4cccc(F)c4)c4cccc(B(O)O)c4n3)nnn12. The van der Waals surface area contributed by atoms with E-state index in [9.17, 15) is 19.2 Å². The second kappa shape index (κ2) is 8.50. The topological polar surface area (TPSA) is 152 Å². The highest BCUT2D eigenvalue weighted by molar-refractivity contribution is 6.61. The predicted molar refractivity (Wildman–Crippen MR) is 124 cm³/mol. The summed E-state index contributed by atoms with van der Waals surface area (Å²) in [7, 11) is -1.78. The van der Waals surface area contributed by atoms with Crippen LogP contribution < -0.4 is 16.5 Å². The number of para-hydroxylation sites is 1. The van der Waals surface area contributed by atoms with E-state index in [2.05, 4.69) is 25.6 Å². The maximum atomic E-state index is 13.6. The smallest absolute Gasteiger partial charge is 0.423 e. The summed E-state index contributed by atoms with van der Waals surface area (Å²) in [5.74, 6) is -0.526. The maximum Gasteiger partial charge on any atom is 0.490 e. The number of fused-ring (bicyclic) bond motifs is 2. The maximum absolute atomic E-state index is 13.6. The fraction of sp³-hybridized carbons (Fsp3) is 0.0455. The van der Waals surface area contributed by atoms with E-state index >= 15 is 0 Å². The Morgan fingerprint density at radius 2 is 1.88 bits per heavy atom. The van der Waals surface area contributed by atoms with E-state index in [1.54, 1.807) is 36.4 Å². The zero-order valence-electron chi connectivity index (χ0n) is 17.6. The number of carbonyl (C=O) groups is 1. The lowest BCUT2D eigenvalue weighted by atomic mass is 9.79. The number of primary amides is 1. The number of hydrogen-bond donors (Lipinski definition) is 4. The summed E-state index contributed by atoms with van der Waals surface area (Å²) in [6.07, 6.45) is 0. The van der Waals surface area contributed by atoms with Gasteiger partial charge < -0.3 is 21.1 Å². The molecule has 0 aliphatic rings. The number of nitrogens with zero attached hydrogens (tertiary/aromatic N) is 5. The minimum absolute atomic E-state index is 0.132. The second-order valence-electron chi connectivity index (χ2n) is 7.51. The Morgan fingerprint density at radius 3 is 2.65 bits per heavy atom. The van der Waals surface area contributed by atoms with Crippen molar-refractivity contribution in [2.24, 2.45) is 5.73 Å². The minimum Gasteiger partial charge on any atom is -0.423 e. The third kappa shape index (κ3) is 3.80. The molecule has 0 aliphatic heterocycles. The Labute approximate surface area is 192 Å². The highest BCUT2D eigenvalue weighted by atomic mass is 19.1. The van der Waals surface area contributed by atoms with Crippen LogP contribution in [0.3, 0.4) is 0 Å². The number of anilines is 1. The molecular weight excluding hydrogens is 440 g/mol. The molecule has 0 aliphatic carbocycles. The molecule has 0 spiro atoms. The van der Waals surface area contributed by atoms with Crippen molar-refractivity contribution in [2.75, 3.05) is 5.32 Å². The first-order valence-corrected chi connectivity index (χ1v) is 10.2. The van der Waals surface area contributed by atoms with Crippen LogP contribution in [-0.2, 0) is 6.54 Å². The summed E-state index contributed by atoms with van der Waals surface area (Å²) in [4.78, 5) is 20.9. The summed E-state index contributed by atoms with van der Waals surface area (Å²) in [5, 5.41) is 31.6. The van der Waals surface area contributed by atoms with Crippen molar-refractivity contribution in [1.29, 1.82) is 0 Å². The van der Waals surface area contributed by atoms with Gasteiger partial charge in [0.2, 0.25) is 0 Å². The lowest BCUT2D eigenvalue weighted by Gasteiger charge is -2.13. The average molecular weight is 457 g/mol. The van der Waals surface area contributed by atoms with E-state index < -0.39 is 13.0 Å². The number of aromatic nitrogens is 5. The van der Waals surface area contributed by atoms with Crippen LogP contribution in [0, 0.1) is 5.82 Å². The van der Waals surface area contributed by atoms with Crippen LogP contribution in [0.2, 0.25) is 0 Å². The molecule has 10 nitrogen and oxygen atoms in total. The third-order valence-corrected chi connectivity index (χ3v) is 5.29. The summed E-state index contributed by atoms with van der Waals surface area (Å²) in [5.41, 5.74) is 7.42. The Bertz CT molecular complexity index is 1560. The molecule has 5 N–H and O–H groups in total. The summed E-state index contributed by atoms with van der Waals surface area (Å²) >= 11 is 0. The third-order valence-electron chi connectivity index (χ3n) is 5.29. The second-order valence-corrected chi connectivity index (χ2v) is 7.51. The molecule has 3 heterocycles. The van der Waals surface area contributed by atoms with Gasteiger partial charge in [-0.15, -0.1) is 5.10 Å². The molecule has 34 heavy (non-hydrogen) atoms. The van der Waals surface area contributed by atoms with Gasteiger partial charge in [0.15, 0.2) is 11.5 Å². The first-order chi connectivity index (χ1) is 16.4. The zero-order valence-corrected chi connectivity index (χ0v) is 17.6. The molecule has 5 aromatic rings. The number of hydrogen-bond acceptors (Lipinski definition) is 8. The van der Waals surface area contributed by atoms with E-state index in [1.807, 2.05) is 0 Å². The molecule has 1 amide bonds. The predicted octanol–water partition coefficient (Wildman–Crippen LogP) is 0.869. The summed E-state index contributed by atoms with van der Waals surface area (Å²) in [6.45, 7) is 0.253. The minimum atomic E-state index is -1.78. The number of nitrogens with one attached hydrogen (secondary N) is 1. The molecule has 0 fully saturated rings. The van der Waals surface area contributed by atoms with Crippen molar-refractivity contribution >= 4 is 40.7 Å². The van der Waals surface area contributed by atoms with E-state index in [4.69, 9.17) is 5.73 Å². The van der Waals surface area contributed by atoms with Crippen molar-refractivity contribution in [3.8, 4) is 11.5 Å². The standard InChI is InChI=1S/C22H17BFN7O3/c24-13-5-1-4-12(10-13)11-26-21-14-6-2-7-15(23(33)34)18(14)27-22(28-21)19-16-8-3-9-17(20(25)32)31(16)30-29-19/h1-10,33-34H,11H2,(H2,25,32)(H,26,27,28). The number of pyridine rings is 1. The number of rotatable bonds is 6. The summed E-state index contributed by atoms with van der Waals surface area (Å²) < 4.78 is 14.9. The lowest BCUT2D eigenvalue weighted by Crippen LogP contribution is -2.31. The molecule has 0 saturated heterocycles. The van der Waals surface area contributed by atoms with Crippen molar-refractivity contribution in [3.63, 3.8) is 0 Å². The molecule has 3 aromatic heterocycles. The van der Waals surface area contributed by atoms with Crippen LogP contribution in [0.1, 0.15) is 16.1 Å². The van der Waals surface area contributed by atoms with Crippen LogP contribution in [-0.4, -0.2) is 47.9 Å². The quantitative estimate of drug-likeness (QED) is 0.274. The molecule has 0 saturated carbocycles. The molecule has 5 rings (SSSR count). The first kappa shape index (κ1) is 21.4. The molecule has 0 atom stereocenters. The van der Waals surface area contributed by atoms with Crippen LogP contribution in [0.25, 0.3) is 27.9 Å². The number of halogens is 1. The zero-order chi connectivity index (χ0) is 23.8. The molecule has 0 bridgehead atoms. The van der Waals surface area contributed by atoms with Gasteiger partial charge in [-0.25, -0.2) is 18.9 Å². The molecule has 0 radical (unpaired) electrons. The van der Waals surface area contributed by atoms with Gasteiger partial charge in [0.05, 0.1) is 11.0 Å². The van der Waals surface area contributed by atoms with Gasteiger partial charge in [-0.05, 0) is 35.9 Å². The fourth-order valence-electron chi connectivity index (χ4n) is 3.72. The Hall–Kier alpha value is -4.42. The fourth-order valence-corrected chi connectivity index (χ4v) is 3.72. The van der Waals surface area contributed by atoms with Gasteiger partial charge in [-0.3, -0.25) is 4.79 Å². The van der Waals surface area contributed by atoms with E-state index in [1.165, 1.54) is 28.8 Å². The van der Waals surface area contributed by atoms with Crippen molar-refractivity contribution < 1.29 is 19.2 Å². The Balaban J connectivity index is 1.68. The normalized spacial score (nSPS) is 11.1. The van der Waals surface area contributed by atoms with Crippen LogP contribution in [0.4, 0.5) is 10.2 Å². The number of carbonyl (C=O) groups excluding carboxylic acids is 1. The summed E-state index contributed by atoms with van der Waals surface area (Å²) in [6, 6.07) is 15.9. The molecular formula is C22H17BFN7O3. The number of nitrogens with two attached hydrogens (primary N) is 1. The first-order valence-electron chi connectivity index (χ1n) is 10.2. The van der Waals surface area contributed by atoms with E-state index in [0.717, 1.165) is 0 Å². The van der Waals surface area contributed by atoms with Crippen LogP contribution >= 0.6 is 0 Å². The molecule has 12 heteroatoms. The number of amides is 1. The number of benzene rings is 2. The molecule has 2 aromatic carbocycles. The highest BCUT2D eigenvalue weighted by Crippen LogP contribution is 2.26. The van der Waals surface area contributed by atoms with Gasteiger partial charge in [0.25, 0.3) is 5.91 Å². The van der Waals surface area contributed by atoms with E-state index in [0.29, 0.717) is 22.3 Å². The van der Waals surface area contributed by atoms with Gasteiger partial charge in [-0.2, -0.15) is 0 Å². The Kier molecular flexibility index (Phi) is 5.36. The van der Waals surface area contributed by atoms with Crippen molar-refractivity contribution in [2.45, 2.75) is 6.54 Å². The van der Waals surface area contributed by atoms with Crippen LogP contribution in [0.5, 0.6) is 0 Å². The molecule has 168 valence electrons. The Morgan fingerprint density at radius 1 is 1.09 bits per heavy atom. The highest BCUT2D eigenvalue weighted by Gasteiger charge is 2.22. The van der Waals surface area contributed by atoms with Gasteiger partial charge in [0, 0.05) is 17.4 Å². The van der Waals surface area contributed by atoms with Crippen molar-refractivity contribution in [1.82, 2.24) is 24.8 Å². The van der Waals surface area contributed by atoms with Gasteiger partial charge >= 0.3 is 7.12 Å². The van der Waals surface area contributed by atoms with Crippen molar-refractivity contribution in [3.05, 3.63) is 77.7 Å². The average Bonchev–Trinajstić information content (AvgIpc) is 3.26. The van der Waals surface area contributed by atoms with Crippen LogP contribution in [0.15, 0.2) is 60.7 Å². The monoisotopic (exact) mass is 457 g/mol.